The van der Waals surface area contributed by atoms with Crippen LogP contribution in [0.3, 0.4) is 0 Å². The lowest BCUT2D eigenvalue weighted by Crippen LogP contribution is -2.40. The summed E-state index contributed by atoms with van der Waals surface area (Å²) >= 11 is 0. The van der Waals surface area contributed by atoms with Crippen molar-refractivity contribution in [2.24, 2.45) is 0 Å². The highest BCUT2D eigenvalue weighted by Crippen LogP contribution is 2.19. The summed E-state index contributed by atoms with van der Waals surface area (Å²) in [6.07, 6.45) is 1.80. The van der Waals surface area contributed by atoms with Gasteiger partial charge < -0.3 is 14.8 Å². The second-order valence-corrected chi connectivity index (χ2v) is 4.47. The first-order valence-electron chi connectivity index (χ1n) is 6.77. The van der Waals surface area contributed by atoms with Crippen molar-refractivity contribution < 1.29 is 13.9 Å². The number of benzene rings is 1. The first-order chi connectivity index (χ1) is 9.15. The molecule has 0 amide bonds. The number of halogens is 1. The van der Waals surface area contributed by atoms with Crippen LogP contribution in [0, 0.1) is 5.82 Å². The third-order valence-electron chi connectivity index (χ3n) is 3.27. The van der Waals surface area contributed by atoms with E-state index >= 15 is 0 Å². The highest BCUT2D eigenvalue weighted by atomic mass is 19.1. The van der Waals surface area contributed by atoms with Gasteiger partial charge in [0.2, 0.25) is 0 Å². The van der Waals surface area contributed by atoms with Crippen molar-refractivity contribution in [1.82, 2.24) is 5.32 Å². The van der Waals surface area contributed by atoms with E-state index in [0.29, 0.717) is 6.61 Å². The zero-order valence-corrected chi connectivity index (χ0v) is 12.2. The predicted octanol–water partition coefficient (Wildman–Crippen LogP) is 2.78. The number of nitrogens with one attached hydrogen (secondary N) is 1. The number of methoxy groups -OCH3 is 1. The van der Waals surface area contributed by atoms with Crippen molar-refractivity contribution >= 4 is 0 Å². The maximum atomic E-state index is 13.7. The molecule has 4 heteroatoms. The maximum Gasteiger partial charge on any atom is 0.165 e. The van der Waals surface area contributed by atoms with E-state index in [1.807, 2.05) is 20.0 Å². The number of ether oxygens (including phenoxy) is 2. The summed E-state index contributed by atoms with van der Waals surface area (Å²) in [7, 11) is 3.38. The standard InChI is InChI=1S/C15H24FNO2/c1-5-14(19-6-2)13(17-3)10-11-7-8-15(18-4)12(16)9-11/h7-9,13-14,17H,5-6,10H2,1-4H3. The molecule has 0 aromatic heterocycles. The number of hydrogen-bond acceptors (Lipinski definition) is 3. The molecule has 0 heterocycles. The van der Waals surface area contributed by atoms with Crippen LogP contribution in [0.1, 0.15) is 25.8 Å². The highest BCUT2D eigenvalue weighted by Gasteiger charge is 2.19. The van der Waals surface area contributed by atoms with E-state index in [4.69, 9.17) is 9.47 Å². The van der Waals surface area contributed by atoms with Gasteiger partial charge in [-0.05, 0) is 44.5 Å². The molecule has 0 aliphatic carbocycles. The Morgan fingerprint density at radius 1 is 1.32 bits per heavy atom. The van der Waals surface area contributed by atoms with Crippen LogP contribution in [0.25, 0.3) is 0 Å². The molecule has 0 spiro atoms. The normalized spacial score (nSPS) is 14.2. The molecule has 1 N–H and O–H groups in total. The third kappa shape index (κ3) is 4.48. The summed E-state index contributed by atoms with van der Waals surface area (Å²) in [5.74, 6) is -0.0408. The van der Waals surface area contributed by atoms with Crippen LogP contribution >= 0.6 is 0 Å². The van der Waals surface area contributed by atoms with Crippen molar-refractivity contribution in [2.75, 3.05) is 20.8 Å². The molecular weight excluding hydrogens is 245 g/mol. The van der Waals surface area contributed by atoms with E-state index in [9.17, 15) is 4.39 Å². The SMILES string of the molecule is CCOC(CC)C(Cc1ccc(OC)c(F)c1)NC. The molecule has 2 atom stereocenters. The number of hydrogen-bond donors (Lipinski definition) is 1. The molecule has 1 rings (SSSR count). The molecule has 0 saturated carbocycles. The molecule has 0 radical (unpaired) electrons. The van der Waals surface area contributed by atoms with Crippen molar-refractivity contribution in [3.05, 3.63) is 29.6 Å². The van der Waals surface area contributed by atoms with Gasteiger partial charge in [0.1, 0.15) is 0 Å². The average molecular weight is 269 g/mol. The monoisotopic (exact) mass is 269 g/mol. The van der Waals surface area contributed by atoms with Gasteiger partial charge in [0.05, 0.1) is 13.2 Å². The molecular formula is C15H24FNO2. The largest absolute Gasteiger partial charge is 0.494 e. The van der Waals surface area contributed by atoms with E-state index in [1.165, 1.54) is 13.2 Å². The van der Waals surface area contributed by atoms with E-state index in [1.54, 1.807) is 6.07 Å². The fourth-order valence-electron chi connectivity index (χ4n) is 2.24. The van der Waals surface area contributed by atoms with Crippen LogP contribution in [-0.4, -0.2) is 32.9 Å². The third-order valence-corrected chi connectivity index (χ3v) is 3.27. The summed E-state index contributed by atoms with van der Waals surface area (Å²) in [4.78, 5) is 0. The Morgan fingerprint density at radius 2 is 2.05 bits per heavy atom. The van der Waals surface area contributed by atoms with Crippen LogP contribution in [0.5, 0.6) is 5.75 Å². The molecule has 108 valence electrons. The molecule has 2 unspecified atom stereocenters. The van der Waals surface area contributed by atoms with Crippen LogP contribution in [-0.2, 0) is 11.2 Å². The zero-order valence-electron chi connectivity index (χ0n) is 12.2. The Kier molecular flexibility index (Phi) is 6.81. The van der Waals surface area contributed by atoms with Gasteiger partial charge in [-0.2, -0.15) is 0 Å². The quantitative estimate of drug-likeness (QED) is 0.787. The van der Waals surface area contributed by atoms with E-state index in [2.05, 4.69) is 12.2 Å². The zero-order chi connectivity index (χ0) is 14.3. The van der Waals surface area contributed by atoms with E-state index in [-0.39, 0.29) is 23.7 Å². The Labute approximate surface area is 115 Å². The van der Waals surface area contributed by atoms with Crippen molar-refractivity contribution in [3.63, 3.8) is 0 Å². The molecule has 0 saturated heterocycles. The summed E-state index contributed by atoms with van der Waals surface area (Å²) in [6.45, 7) is 4.77. The molecule has 0 fully saturated rings. The first-order valence-corrected chi connectivity index (χ1v) is 6.77. The molecule has 1 aromatic rings. The summed E-state index contributed by atoms with van der Waals surface area (Å²) in [5, 5.41) is 3.26. The topological polar surface area (TPSA) is 30.5 Å². The molecule has 0 aliphatic heterocycles. The fourth-order valence-corrected chi connectivity index (χ4v) is 2.24. The Bertz CT molecular complexity index is 384. The Morgan fingerprint density at radius 3 is 2.53 bits per heavy atom. The smallest absolute Gasteiger partial charge is 0.165 e. The first kappa shape index (κ1) is 15.9. The number of likely N-dealkylation sites (N-methyl/N-ethyl adjacent to an activating group) is 1. The minimum atomic E-state index is -0.320. The van der Waals surface area contributed by atoms with Crippen LogP contribution in [0.4, 0.5) is 4.39 Å². The van der Waals surface area contributed by atoms with Gasteiger partial charge >= 0.3 is 0 Å². The summed E-state index contributed by atoms with van der Waals surface area (Å²) in [5.41, 5.74) is 0.941. The lowest BCUT2D eigenvalue weighted by atomic mass is 9.99. The van der Waals surface area contributed by atoms with Gasteiger partial charge in [0, 0.05) is 12.6 Å². The molecule has 1 aromatic carbocycles. The van der Waals surface area contributed by atoms with E-state index < -0.39 is 0 Å². The summed E-state index contributed by atoms with van der Waals surface area (Å²) in [6, 6.07) is 5.27. The van der Waals surface area contributed by atoms with E-state index in [0.717, 1.165) is 18.4 Å². The van der Waals surface area contributed by atoms with Gasteiger partial charge in [-0.3, -0.25) is 0 Å². The van der Waals surface area contributed by atoms with Gasteiger partial charge in [-0.15, -0.1) is 0 Å². The minimum absolute atomic E-state index is 0.139. The van der Waals surface area contributed by atoms with Crippen molar-refractivity contribution in [2.45, 2.75) is 38.8 Å². The van der Waals surface area contributed by atoms with Crippen LogP contribution in [0.15, 0.2) is 18.2 Å². The summed E-state index contributed by atoms with van der Waals surface area (Å²) < 4.78 is 24.3. The molecule has 0 bridgehead atoms. The van der Waals surface area contributed by atoms with Gasteiger partial charge in [-0.1, -0.05) is 13.0 Å². The Hall–Kier alpha value is -1.13. The second-order valence-electron chi connectivity index (χ2n) is 4.47. The number of rotatable bonds is 8. The van der Waals surface area contributed by atoms with Crippen LogP contribution in [0.2, 0.25) is 0 Å². The Balaban J connectivity index is 2.77. The van der Waals surface area contributed by atoms with Gasteiger partial charge in [0.15, 0.2) is 11.6 Å². The van der Waals surface area contributed by atoms with Gasteiger partial charge in [-0.25, -0.2) is 4.39 Å². The second kappa shape index (κ2) is 8.12. The van der Waals surface area contributed by atoms with Crippen LogP contribution < -0.4 is 10.1 Å². The van der Waals surface area contributed by atoms with Crippen molar-refractivity contribution in [3.8, 4) is 5.75 Å². The predicted molar refractivity (Wildman–Crippen MR) is 75.2 cm³/mol. The minimum Gasteiger partial charge on any atom is -0.494 e. The van der Waals surface area contributed by atoms with Crippen molar-refractivity contribution in [1.29, 1.82) is 0 Å². The maximum absolute atomic E-state index is 13.7. The lowest BCUT2D eigenvalue weighted by molar-refractivity contribution is 0.0339. The molecule has 19 heavy (non-hydrogen) atoms. The molecule has 3 nitrogen and oxygen atoms in total. The lowest BCUT2D eigenvalue weighted by Gasteiger charge is -2.26. The highest BCUT2D eigenvalue weighted by molar-refractivity contribution is 5.29. The molecule has 0 aliphatic rings. The van der Waals surface area contributed by atoms with Gasteiger partial charge in [0.25, 0.3) is 0 Å². The fraction of sp³-hybridized carbons (Fsp3) is 0.600. The average Bonchev–Trinajstić information content (AvgIpc) is 2.42.